The number of aliphatic hydroxyl groups is 1. The summed E-state index contributed by atoms with van der Waals surface area (Å²) in [7, 11) is 1.91. The Morgan fingerprint density at radius 3 is 2.76 bits per heavy atom. The zero-order valence-electron chi connectivity index (χ0n) is 10.5. The van der Waals surface area contributed by atoms with E-state index in [1.165, 1.54) is 5.56 Å². The molecule has 0 aliphatic carbocycles. The summed E-state index contributed by atoms with van der Waals surface area (Å²) in [6.07, 6.45) is 1.26. The SMILES string of the molecule is Cc1nn(C)c(C)c1C(O)CCc1ccsc1. The van der Waals surface area contributed by atoms with Crippen molar-refractivity contribution in [2.24, 2.45) is 7.05 Å². The molecule has 2 aromatic rings. The highest BCUT2D eigenvalue weighted by atomic mass is 32.1. The van der Waals surface area contributed by atoms with E-state index in [4.69, 9.17) is 0 Å². The van der Waals surface area contributed by atoms with E-state index < -0.39 is 6.10 Å². The largest absolute Gasteiger partial charge is 0.388 e. The first kappa shape index (κ1) is 12.3. The summed E-state index contributed by atoms with van der Waals surface area (Å²) in [5, 5.41) is 18.8. The number of hydrogen-bond donors (Lipinski definition) is 1. The number of rotatable bonds is 4. The summed E-state index contributed by atoms with van der Waals surface area (Å²) in [6.45, 7) is 3.96. The van der Waals surface area contributed by atoms with Crippen LogP contribution >= 0.6 is 11.3 Å². The molecule has 0 amide bonds. The minimum atomic E-state index is -0.413. The van der Waals surface area contributed by atoms with Crippen molar-refractivity contribution in [1.29, 1.82) is 0 Å². The van der Waals surface area contributed by atoms with Gasteiger partial charge in [-0.05, 0) is 49.1 Å². The van der Waals surface area contributed by atoms with Crippen molar-refractivity contribution in [3.63, 3.8) is 0 Å². The van der Waals surface area contributed by atoms with Crippen LogP contribution in [0.25, 0.3) is 0 Å². The molecule has 3 nitrogen and oxygen atoms in total. The fourth-order valence-corrected chi connectivity index (χ4v) is 2.86. The summed E-state index contributed by atoms with van der Waals surface area (Å²) in [4.78, 5) is 0. The average Bonchev–Trinajstić information content (AvgIpc) is 2.86. The Morgan fingerprint density at radius 1 is 1.47 bits per heavy atom. The highest BCUT2D eigenvalue weighted by Gasteiger charge is 2.17. The summed E-state index contributed by atoms with van der Waals surface area (Å²) in [5.74, 6) is 0. The van der Waals surface area contributed by atoms with Crippen molar-refractivity contribution in [2.45, 2.75) is 32.8 Å². The third-order valence-corrected chi connectivity index (χ3v) is 3.92. The van der Waals surface area contributed by atoms with E-state index in [0.717, 1.165) is 29.8 Å². The molecule has 0 fully saturated rings. The van der Waals surface area contributed by atoms with Crippen LogP contribution < -0.4 is 0 Å². The Balaban J connectivity index is 2.07. The quantitative estimate of drug-likeness (QED) is 0.906. The van der Waals surface area contributed by atoms with Gasteiger partial charge < -0.3 is 5.11 Å². The molecule has 92 valence electrons. The molecule has 4 heteroatoms. The van der Waals surface area contributed by atoms with E-state index in [9.17, 15) is 5.11 Å². The number of thiophene rings is 1. The summed E-state index contributed by atoms with van der Waals surface area (Å²) in [6, 6.07) is 2.11. The van der Waals surface area contributed by atoms with Crippen LogP contribution in [0.1, 0.15) is 35.0 Å². The maximum absolute atomic E-state index is 10.2. The molecule has 1 atom stereocenters. The van der Waals surface area contributed by atoms with Gasteiger partial charge in [0.1, 0.15) is 0 Å². The number of aromatic nitrogens is 2. The molecule has 0 aliphatic rings. The predicted molar refractivity (Wildman–Crippen MR) is 70.3 cm³/mol. The molecule has 17 heavy (non-hydrogen) atoms. The van der Waals surface area contributed by atoms with Gasteiger partial charge in [-0.1, -0.05) is 0 Å². The zero-order valence-corrected chi connectivity index (χ0v) is 11.3. The third kappa shape index (κ3) is 2.58. The monoisotopic (exact) mass is 250 g/mol. The van der Waals surface area contributed by atoms with Gasteiger partial charge in [0.05, 0.1) is 11.8 Å². The molecule has 2 aromatic heterocycles. The first-order valence-electron chi connectivity index (χ1n) is 5.79. The molecule has 0 saturated carbocycles. The lowest BCUT2D eigenvalue weighted by atomic mass is 10.0. The summed E-state index contributed by atoms with van der Waals surface area (Å²) >= 11 is 1.70. The molecule has 0 aromatic carbocycles. The van der Waals surface area contributed by atoms with Gasteiger partial charge in [-0.25, -0.2) is 0 Å². The summed E-state index contributed by atoms with van der Waals surface area (Å²) < 4.78 is 1.83. The van der Waals surface area contributed by atoms with E-state index in [1.54, 1.807) is 11.3 Å². The molecular weight excluding hydrogens is 232 g/mol. The Labute approximate surface area is 106 Å². The van der Waals surface area contributed by atoms with Crippen LogP contribution in [0.4, 0.5) is 0 Å². The molecular formula is C13H18N2OS. The van der Waals surface area contributed by atoms with Crippen LogP contribution in [0.5, 0.6) is 0 Å². The molecule has 2 rings (SSSR count). The van der Waals surface area contributed by atoms with Gasteiger partial charge in [-0.3, -0.25) is 4.68 Å². The topological polar surface area (TPSA) is 38.0 Å². The van der Waals surface area contributed by atoms with E-state index in [2.05, 4.69) is 21.9 Å². The maximum Gasteiger partial charge on any atom is 0.0829 e. The standard InChI is InChI=1S/C13H18N2OS/c1-9-13(10(2)15(3)14-9)12(16)5-4-11-6-7-17-8-11/h6-8,12,16H,4-5H2,1-3H3. The number of nitrogens with zero attached hydrogens (tertiary/aromatic N) is 2. The maximum atomic E-state index is 10.2. The van der Waals surface area contributed by atoms with Crippen molar-refractivity contribution in [3.8, 4) is 0 Å². The van der Waals surface area contributed by atoms with E-state index in [-0.39, 0.29) is 0 Å². The van der Waals surface area contributed by atoms with E-state index in [0.29, 0.717) is 0 Å². The highest BCUT2D eigenvalue weighted by molar-refractivity contribution is 7.07. The molecule has 0 bridgehead atoms. The second-order valence-corrected chi connectivity index (χ2v) is 5.17. The van der Waals surface area contributed by atoms with Crippen LogP contribution in [0.15, 0.2) is 16.8 Å². The smallest absolute Gasteiger partial charge is 0.0829 e. The Kier molecular flexibility index (Phi) is 3.64. The first-order chi connectivity index (χ1) is 8.09. The summed E-state index contributed by atoms with van der Waals surface area (Å²) in [5.41, 5.74) is 4.28. The second-order valence-electron chi connectivity index (χ2n) is 4.39. The predicted octanol–water partition coefficient (Wildman–Crippen LogP) is 2.76. The Morgan fingerprint density at radius 2 is 2.24 bits per heavy atom. The zero-order chi connectivity index (χ0) is 12.4. The molecule has 2 heterocycles. The van der Waals surface area contributed by atoms with Gasteiger partial charge in [0.25, 0.3) is 0 Å². The molecule has 1 N–H and O–H groups in total. The molecule has 0 saturated heterocycles. The van der Waals surface area contributed by atoms with Gasteiger partial charge in [-0.15, -0.1) is 0 Å². The van der Waals surface area contributed by atoms with E-state index >= 15 is 0 Å². The second kappa shape index (κ2) is 5.02. The third-order valence-electron chi connectivity index (χ3n) is 3.18. The minimum absolute atomic E-state index is 0.413. The van der Waals surface area contributed by atoms with Crippen LogP contribution in [0, 0.1) is 13.8 Å². The lowest BCUT2D eigenvalue weighted by molar-refractivity contribution is 0.166. The molecule has 0 radical (unpaired) electrons. The van der Waals surface area contributed by atoms with Crippen LogP contribution in [0.3, 0.4) is 0 Å². The fraction of sp³-hybridized carbons (Fsp3) is 0.462. The van der Waals surface area contributed by atoms with Gasteiger partial charge >= 0.3 is 0 Å². The van der Waals surface area contributed by atoms with Gasteiger partial charge in [0.15, 0.2) is 0 Å². The van der Waals surface area contributed by atoms with Crippen molar-refractivity contribution < 1.29 is 5.11 Å². The number of hydrogen-bond acceptors (Lipinski definition) is 3. The van der Waals surface area contributed by atoms with Crippen molar-refractivity contribution in [1.82, 2.24) is 9.78 Å². The highest BCUT2D eigenvalue weighted by Crippen LogP contribution is 2.25. The normalized spacial score (nSPS) is 12.9. The average molecular weight is 250 g/mol. The molecule has 0 aliphatic heterocycles. The molecule has 0 spiro atoms. The van der Waals surface area contributed by atoms with Crippen molar-refractivity contribution >= 4 is 11.3 Å². The van der Waals surface area contributed by atoms with E-state index in [1.807, 2.05) is 25.6 Å². The van der Waals surface area contributed by atoms with Crippen molar-refractivity contribution in [3.05, 3.63) is 39.3 Å². The number of aryl methyl sites for hydroxylation is 3. The van der Waals surface area contributed by atoms with Gasteiger partial charge in [0.2, 0.25) is 0 Å². The van der Waals surface area contributed by atoms with Crippen molar-refractivity contribution in [2.75, 3.05) is 0 Å². The van der Waals surface area contributed by atoms with Crippen LogP contribution in [0.2, 0.25) is 0 Å². The Hall–Kier alpha value is -1.13. The van der Waals surface area contributed by atoms with Gasteiger partial charge in [0, 0.05) is 18.3 Å². The first-order valence-corrected chi connectivity index (χ1v) is 6.73. The minimum Gasteiger partial charge on any atom is -0.388 e. The lowest BCUT2D eigenvalue weighted by Crippen LogP contribution is -2.02. The van der Waals surface area contributed by atoms with Gasteiger partial charge in [-0.2, -0.15) is 16.4 Å². The van der Waals surface area contributed by atoms with Crippen LogP contribution in [-0.2, 0) is 13.5 Å². The lowest BCUT2D eigenvalue weighted by Gasteiger charge is -2.10. The fourth-order valence-electron chi connectivity index (χ4n) is 2.15. The Bertz CT molecular complexity index is 488. The van der Waals surface area contributed by atoms with Crippen LogP contribution in [-0.4, -0.2) is 14.9 Å². The number of aliphatic hydroxyl groups excluding tert-OH is 1. The molecule has 1 unspecified atom stereocenters.